The number of carbonyl (C=O) groups is 1. The Hall–Kier alpha value is -1.77. The largest absolute Gasteiger partial charge is 0.335 e. The molecule has 0 spiro atoms. The number of piperidine rings is 1. The zero-order chi connectivity index (χ0) is 12.8. The third-order valence-electron chi connectivity index (χ3n) is 2.92. The molecule has 0 saturated carbocycles. The third kappa shape index (κ3) is 4.78. The quantitative estimate of drug-likeness (QED) is 0.774. The van der Waals surface area contributed by atoms with E-state index >= 15 is 0 Å². The van der Waals surface area contributed by atoms with Crippen molar-refractivity contribution in [2.75, 3.05) is 18.4 Å². The molecule has 1 aromatic rings. The average Bonchev–Trinajstić information content (AvgIpc) is 2.40. The number of nitriles is 1. The monoisotopic (exact) mass is 280 g/mol. The van der Waals surface area contributed by atoms with Gasteiger partial charge in [0.25, 0.3) is 0 Å². The van der Waals surface area contributed by atoms with E-state index in [1.807, 2.05) is 6.07 Å². The maximum Gasteiger partial charge on any atom is 0.319 e. The van der Waals surface area contributed by atoms with E-state index in [1.54, 1.807) is 24.3 Å². The molecular formula is C13H17ClN4O. The summed E-state index contributed by atoms with van der Waals surface area (Å²) in [6, 6.07) is 8.93. The van der Waals surface area contributed by atoms with Crippen molar-refractivity contribution in [1.82, 2.24) is 10.6 Å². The first kappa shape index (κ1) is 15.3. The molecule has 102 valence electrons. The van der Waals surface area contributed by atoms with Gasteiger partial charge in [0.1, 0.15) is 0 Å². The van der Waals surface area contributed by atoms with Crippen molar-refractivity contribution in [3.63, 3.8) is 0 Å². The van der Waals surface area contributed by atoms with Crippen molar-refractivity contribution in [1.29, 1.82) is 5.26 Å². The number of benzene rings is 1. The van der Waals surface area contributed by atoms with Crippen LogP contribution in [-0.4, -0.2) is 25.2 Å². The summed E-state index contributed by atoms with van der Waals surface area (Å²) in [5.74, 6) is 0. The summed E-state index contributed by atoms with van der Waals surface area (Å²) < 4.78 is 0. The second-order valence-corrected chi connectivity index (χ2v) is 4.32. The lowest BCUT2D eigenvalue weighted by atomic mass is 10.1. The number of rotatable bonds is 2. The number of hydrogen-bond donors (Lipinski definition) is 3. The minimum absolute atomic E-state index is 0. The summed E-state index contributed by atoms with van der Waals surface area (Å²) >= 11 is 0. The van der Waals surface area contributed by atoms with Crippen LogP contribution in [0.4, 0.5) is 10.5 Å². The Balaban J connectivity index is 0.00000180. The lowest BCUT2D eigenvalue weighted by Crippen LogP contribution is -2.44. The number of urea groups is 1. The Morgan fingerprint density at radius 1 is 1.37 bits per heavy atom. The van der Waals surface area contributed by atoms with E-state index in [-0.39, 0.29) is 24.5 Å². The van der Waals surface area contributed by atoms with E-state index in [2.05, 4.69) is 16.0 Å². The maximum absolute atomic E-state index is 11.8. The average molecular weight is 281 g/mol. The molecule has 0 radical (unpaired) electrons. The Kier molecular flexibility index (Phi) is 6.13. The van der Waals surface area contributed by atoms with Crippen LogP contribution in [0.5, 0.6) is 0 Å². The molecule has 2 rings (SSSR count). The van der Waals surface area contributed by atoms with Crippen molar-refractivity contribution < 1.29 is 4.79 Å². The number of carbonyl (C=O) groups excluding carboxylic acids is 1. The van der Waals surface area contributed by atoms with Crippen molar-refractivity contribution in [2.45, 2.75) is 18.9 Å². The van der Waals surface area contributed by atoms with Crippen LogP contribution in [0.1, 0.15) is 18.4 Å². The molecule has 0 atom stereocenters. The molecule has 5 nitrogen and oxygen atoms in total. The summed E-state index contributed by atoms with van der Waals surface area (Å²) in [6.07, 6.45) is 1.90. The molecule has 6 heteroatoms. The predicted molar refractivity (Wildman–Crippen MR) is 76.5 cm³/mol. The highest BCUT2D eigenvalue weighted by Crippen LogP contribution is 2.10. The first-order valence-electron chi connectivity index (χ1n) is 6.06. The number of halogens is 1. The minimum atomic E-state index is -0.211. The fourth-order valence-electron chi connectivity index (χ4n) is 1.99. The minimum Gasteiger partial charge on any atom is -0.335 e. The fourth-order valence-corrected chi connectivity index (χ4v) is 1.99. The predicted octanol–water partition coefficient (Wildman–Crippen LogP) is 1.85. The van der Waals surface area contributed by atoms with Crippen LogP contribution in [0.15, 0.2) is 24.3 Å². The Bertz CT molecular complexity index is 466. The normalized spacial score (nSPS) is 14.9. The van der Waals surface area contributed by atoms with Gasteiger partial charge in [-0.2, -0.15) is 5.26 Å². The van der Waals surface area contributed by atoms with E-state index in [0.717, 1.165) is 25.9 Å². The smallest absolute Gasteiger partial charge is 0.319 e. The summed E-state index contributed by atoms with van der Waals surface area (Å²) in [6.45, 7) is 1.88. The molecular weight excluding hydrogens is 264 g/mol. The van der Waals surface area contributed by atoms with Gasteiger partial charge in [-0.1, -0.05) is 6.07 Å². The van der Waals surface area contributed by atoms with E-state index in [4.69, 9.17) is 5.26 Å². The number of hydrogen-bond acceptors (Lipinski definition) is 3. The molecule has 0 aliphatic carbocycles. The summed E-state index contributed by atoms with van der Waals surface area (Å²) in [4.78, 5) is 11.8. The van der Waals surface area contributed by atoms with E-state index in [0.29, 0.717) is 11.3 Å². The van der Waals surface area contributed by atoms with Crippen molar-refractivity contribution in [3.8, 4) is 6.07 Å². The Morgan fingerprint density at radius 3 is 2.79 bits per heavy atom. The highest BCUT2D eigenvalue weighted by molar-refractivity contribution is 5.89. The number of amides is 2. The van der Waals surface area contributed by atoms with Crippen LogP contribution < -0.4 is 16.0 Å². The molecule has 1 aliphatic heterocycles. The lowest BCUT2D eigenvalue weighted by Gasteiger charge is -2.23. The molecule has 1 fully saturated rings. The fraction of sp³-hybridized carbons (Fsp3) is 0.385. The summed E-state index contributed by atoms with van der Waals surface area (Å²) in [7, 11) is 0. The van der Waals surface area contributed by atoms with Crippen LogP contribution in [0, 0.1) is 11.3 Å². The van der Waals surface area contributed by atoms with Gasteiger partial charge in [0.15, 0.2) is 0 Å². The SMILES string of the molecule is Cl.N#Cc1cccc(NC(=O)NC2CCNCC2)c1. The van der Waals surface area contributed by atoms with Crippen molar-refractivity contribution in [2.24, 2.45) is 0 Å². The lowest BCUT2D eigenvalue weighted by molar-refractivity contribution is 0.245. The third-order valence-corrected chi connectivity index (χ3v) is 2.92. The van der Waals surface area contributed by atoms with Gasteiger partial charge in [0.2, 0.25) is 0 Å². The molecule has 1 heterocycles. The topological polar surface area (TPSA) is 77.0 Å². The van der Waals surface area contributed by atoms with Gasteiger partial charge >= 0.3 is 6.03 Å². The number of nitrogens with zero attached hydrogens (tertiary/aromatic N) is 1. The zero-order valence-corrected chi connectivity index (χ0v) is 11.3. The van der Waals surface area contributed by atoms with Gasteiger partial charge in [-0.15, -0.1) is 12.4 Å². The number of anilines is 1. The van der Waals surface area contributed by atoms with Crippen molar-refractivity contribution >= 4 is 24.1 Å². The molecule has 1 saturated heterocycles. The Labute approximate surface area is 118 Å². The van der Waals surface area contributed by atoms with Gasteiger partial charge in [0.05, 0.1) is 11.6 Å². The maximum atomic E-state index is 11.8. The van der Waals surface area contributed by atoms with Gasteiger partial charge in [-0.3, -0.25) is 0 Å². The van der Waals surface area contributed by atoms with E-state index in [9.17, 15) is 4.79 Å². The van der Waals surface area contributed by atoms with Gasteiger partial charge < -0.3 is 16.0 Å². The Morgan fingerprint density at radius 2 is 2.11 bits per heavy atom. The molecule has 3 N–H and O–H groups in total. The molecule has 1 aromatic carbocycles. The second-order valence-electron chi connectivity index (χ2n) is 4.32. The van der Waals surface area contributed by atoms with Gasteiger partial charge in [-0.25, -0.2) is 4.79 Å². The molecule has 0 bridgehead atoms. The van der Waals surface area contributed by atoms with Crippen LogP contribution in [0.25, 0.3) is 0 Å². The van der Waals surface area contributed by atoms with Gasteiger partial charge in [0, 0.05) is 11.7 Å². The second kappa shape index (κ2) is 7.62. The van der Waals surface area contributed by atoms with E-state index in [1.165, 1.54) is 0 Å². The van der Waals surface area contributed by atoms with Crippen LogP contribution in [0.2, 0.25) is 0 Å². The van der Waals surface area contributed by atoms with Crippen LogP contribution in [0.3, 0.4) is 0 Å². The van der Waals surface area contributed by atoms with Crippen molar-refractivity contribution in [3.05, 3.63) is 29.8 Å². The van der Waals surface area contributed by atoms with Gasteiger partial charge in [-0.05, 0) is 44.1 Å². The summed E-state index contributed by atoms with van der Waals surface area (Å²) in [5, 5.41) is 17.7. The molecule has 1 aliphatic rings. The van der Waals surface area contributed by atoms with Crippen LogP contribution in [-0.2, 0) is 0 Å². The van der Waals surface area contributed by atoms with E-state index < -0.39 is 0 Å². The standard InChI is InChI=1S/C13H16N4O.ClH/c14-9-10-2-1-3-12(8-10)17-13(18)16-11-4-6-15-7-5-11;/h1-3,8,11,15H,4-7H2,(H2,16,17,18);1H. The van der Waals surface area contributed by atoms with Crippen LogP contribution >= 0.6 is 12.4 Å². The first-order chi connectivity index (χ1) is 8.78. The summed E-state index contributed by atoms with van der Waals surface area (Å²) in [5.41, 5.74) is 1.18. The molecule has 19 heavy (non-hydrogen) atoms. The highest BCUT2D eigenvalue weighted by atomic mass is 35.5. The molecule has 0 aromatic heterocycles. The zero-order valence-electron chi connectivity index (χ0n) is 10.5. The molecule has 2 amide bonds. The molecule has 0 unspecified atom stereocenters. The highest BCUT2D eigenvalue weighted by Gasteiger charge is 2.15. The first-order valence-corrected chi connectivity index (χ1v) is 6.06. The number of nitrogens with one attached hydrogen (secondary N) is 3.